The first-order valence-electron chi connectivity index (χ1n) is 0.548. The van der Waals surface area contributed by atoms with E-state index in [0.29, 0.717) is 0 Å². The Morgan fingerprint density at radius 2 is 1.10 bits per heavy atom. The predicted molar refractivity (Wildman–Crippen MR) is 16.5 cm³/mol. The summed E-state index contributed by atoms with van der Waals surface area (Å²) in [5.41, 5.74) is 0. The molecule has 0 heterocycles. The minimum Gasteiger partial charge on any atom is 0 e. The Labute approximate surface area is 96.6 Å². The molecule has 10 heteroatoms. The van der Waals surface area contributed by atoms with Crippen LogP contribution >= 0.6 is 0 Å². The summed E-state index contributed by atoms with van der Waals surface area (Å²) in [5, 5.41) is 0. The molecule has 0 aliphatic heterocycles. The molecule has 0 atom stereocenters. The van der Waals surface area contributed by atoms with Crippen molar-refractivity contribution in [1.29, 1.82) is 0 Å². The van der Waals surface area contributed by atoms with Gasteiger partial charge in [-0.1, -0.05) is 0 Å². The van der Waals surface area contributed by atoms with Crippen molar-refractivity contribution < 1.29 is 91.3 Å². The molecular weight excluding hydrogens is 235 g/mol. The van der Waals surface area contributed by atoms with Gasteiger partial charge in [-0.3, -0.25) is 0 Å². The second kappa shape index (κ2) is 46.4. The van der Waals surface area contributed by atoms with E-state index in [1.54, 1.807) is 0 Å². The van der Waals surface area contributed by atoms with Crippen LogP contribution in [0.15, 0.2) is 0 Å². The molecule has 1 radical (unpaired) electrons. The van der Waals surface area contributed by atoms with Crippen LogP contribution in [-0.4, -0.2) is 16.4 Å². The van der Waals surface area contributed by atoms with E-state index in [-0.39, 0.29) is 70.7 Å². The van der Waals surface area contributed by atoms with Gasteiger partial charge in [-0.05, 0) is 0 Å². The Morgan fingerprint density at radius 1 is 1.10 bits per heavy atom. The normalized spacial score (nSPS) is 2.50. The van der Waals surface area contributed by atoms with Crippen LogP contribution in [0.5, 0.6) is 0 Å². The molecule has 0 rings (SSSR count). The van der Waals surface area contributed by atoms with E-state index in [1.165, 1.54) is 0 Å². The van der Waals surface area contributed by atoms with Gasteiger partial charge in [-0.2, -0.15) is 0 Å². The monoisotopic (exact) mass is 244 g/mol. The number of quaternary nitrogens is 1. The van der Waals surface area contributed by atoms with Gasteiger partial charge in [-0.25, -0.2) is 0 Å². The predicted octanol–water partition coefficient (Wildman–Crippen LogP) is -5.88. The third-order valence-electron chi connectivity index (χ3n) is 0. The maximum absolute atomic E-state index is 8.56. The molecule has 0 aromatic rings. The summed E-state index contributed by atoms with van der Waals surface area (Å²) in [5.74, 6) is 0. The molecular formula is H9NNaO6V2. The molecule has 0 saturated heterocycles. The van der Waals surface area contributed by atoms with E-state index in [2.05, 4.69) is 0 Å². The minimum absolute atomic E-state index is 0. The molecule has 0 amide bonds. The van der Waals surface area contributed by atoms with Crippen molar-refractivity contribution in [2.24, 2.45) is 0 Å². The standard InChI is InChI=1S/H3N.Na.3H2O.3O.2V/h1H3;;3*1H2;;;;;/q;+1;;;;;;-1;;. The van der Waals surface area contributed by atoms with E-state index in [9.17, 15) is 0 Å². The zero-order chi connectivity index (χ0) is 3.58. The molecule has 0 bridgehead atoms. The van der Waals surface area contributed by atoms with Crippen LogP contribution in [0.4, 0.5) is 0 Å². The van der Waals surface area contributed by atoms with Crippen molar-refractivity contribution in [2.45, 2.75) is 0 Å². The van der Waals surface area contributed by atoms with E-state index in [4.69, 9.17) is 11.4 Å². The molecule has 0 aliphatic carbocycles. The minimum atomic E-state index is -3.94. The molecule has 9 N–H and O–H groups in total. The molecule has 61 valence electrons. The SMILES string of the molecule is O.O.[NH4+].[Na+].[OH-].[O]=[V](=[O])[O-].[V]. The molecule has 0 aliphatic rings. The Bertz CT molecular complexity index is 64.1. The van der Waals surface area contributed by atoms with Gasteiger partial charge in [-0.15, -0.1) is 0 Å². The fourth-order valence-corrected chi connectivity index (χ4v) is 0. The molecule has 0 saturated carbocycles. The van der Waals surface area contributed by atoms with Gasteiger partial charge >= 0.3 is 56.3 Å². The van der Waals surface area contributed by atoms with Crippen LogP contribution in [0, 0.1) is 0 Å². The summed E-state index contributed by atoms with van der Waals surface area (Å²) in [7, 11) is 0. The first kappa shape index (κ1) is 61.9. The van der Waals surface area contributed by atoms with Gasteiger partial charge < -0.3 is 22.6 Å². The van der Waals surface area contributed by atoms with Crippen LogP contribution in [0.1, 0.15) is 0 Å². The fraction of sp³-hybridized carbons (Fsp3) is 0. The first-order valence-corrected chi connectivity index (χ1v) is 2.26. The van der Waals surface area contributed by atoms with Gasteiger partial charge in [0.1, 0.15) is 0 Å². The van der Waals surface area contributed by atoms with Crippen LogP contribution in [0.25, 0.3) is 0 Å². The summed E-state index contributed by atoms with van der Waals surface area (Å²) in [6.07, 6.45) is 0. The van der Waals surface area contributed by atoms with Crippen molar-refractivity contribution in [1.82, 2.24) is 6.15 Å². The zero-order valence-corrected chi connectivity index (χ0v) is 10.4. The smallest absolute Gasteiger partial charge is 0 e. The van der Waals surface area contributed by atoms with E-state index < -0.39 is 15.4 Å². The molecule has 10 heavy (non-hydrogen) atoms. The van der Waals surface area contributed by atoms with E-state index in [1.807, 2.05) is 0 Å². The van der Waals surface area contributed by atoms with Crippen LogP contribution in [0.2, 0.25) is 0 Å². The van der Waals surface area contributed by atoms with Gasteiger partial charge in [0.15, 0.2) is 0 Å². The summed E-state index contributed by atoms with van der Waals surface area (Å²) in [6.45, 7) is 0. The molecule has 0 aromatic heterocycles. The molecule has 0 spiro atoms. The van der Waals surface area contributed by atoms with Gasteiger partial charge in [0.05, 0.1) is 0 Å². The molecule has 0 unspecified atom stereocenters. The zero-order valence-electron chi connectivity index (χ0n) is 5.57. The summed E-state index contributed by atoms with van der Waals surface area (Å²) in [4.78, 5) is 0. The third-order valence-corrected chi connectivity index (χ3v) is 0. The second-order valence-corrected chi connectivity index (χ2v) is 0.922. The van der Waals surface area contributed by atoms with E-state index in [0.717, 1.165) is 0 Å². The van der Waals surface area contributed by atoms with Crippen LogP contribution < -0.4 is 39.7 Å². The van der Waals surface area contributed by atoms with Crippen LogP contribution in [-0.2, 0) is 41.3 Å². The van der Waals surface area contributed by atoms with Crippen LogP contribution in [0.3, 0.4) is 0 Å². The van der Waals surface area contributed by atoms with Crippen molar-refractivity contribution in [2.75, 3.05) is 0 Å². The van der Waals surface area contributed by atoms with E-state index >= 15 is 0 Å². The van der Waals surface area contributed by atoms with Crippen molar-refractivity contribution in [3.05, 3.63) is 0 Å². The van der Waals surface area contributed by atoms with Gasteiger partial charge in [0.25, 0.3) is 0 Å². The Morgan fingerprint density at radius 3 is 1.10 bits per heavy atom. The van der Waals surface area contributed by atoms with Crippen molar-refractivity contribution >= 4 is 0 Å². The quantitative estimate of drug-likeness (QED) is 0.415. The van der Waals surface area contributed by atoms with Gasteiger partial charge in [0.2, 0.25) is 0 Å². The largest absolute Gasteiger partial charge is 0 e. The molecule has 0 fully saturated rings. The Hall–Kier alpha value is 1.57. The summed E-state index contributed by atoms with van der Waals surface area (Å²) in [6, 6.07) is 0. The Kier molecular flexibility index (Phi) is 287. The number of hydrogen-bond donors (Lipinski definition) is 1. The maximum atomic E-state index is 8.56. The van der Waals surface area contributed by atoms with Crippen molar-refractivity contribution in [3.8, 4) is 0 Å². The Balaban J connectivity index is -0.00000000300. The average Bonchev–Trinajstić information content (AvgIpc) is 0.811. The topological polar surface area (TPSA) is 187 Å². The second-order valence-electron chi connectivity index (χ2n) is 0.224. The first-order chi connectivity index (χ1) is 1.73. The summed E-state index contributed by atoms with van der Waals surface area (Å²) >= 11 is -3.94. The maximum Gasteiger partial charge on any atom is 0 e. The number of hydrogen-bond acceptors (Lipinski definition) is 4. The molecule has 7 nitrogen and oxygen atoms in total. The fourth-order valence-electron chi connectivity index (χ4n) is 0. The average molecular weight is 244 g/mol. The summed E-state index contributed by atoms with van der Waals surface area (Å²) < 4.78 is 25.7. The van der Waals surface area contributed by atoms with Crippen molar-refractivity contribution in [3.63, 3.8) is 0 Å². The number of rotatable bonds is 0. The van der Waals surface area contributed by atoms with Gasteiger partial charge in [0, 0.05) is 18.6 Å². The third kappa shape index (κ3) is 285. The molecule has 0 aromatic carbocycles.